The second kappa shape index (κ2) is 5.64. The van der Waals surface area contributed by atoms with Crippen LogP contribution in [0, 0.1) is 0 Å². The molecule has 2 rings (SSSR count). The number of aromatic nitrogens is 1. The van der Waals surface area contributed by atoms with E-state index in [2.05, 4.69) is 26.0 Å². The van der Waals surface area contributed by atoms with Crippen LogP contribution >= 0.6 is 15.9 Å². The number of carbonyl (C=O) groups is 1. The van der Waals surface area contributed by atoms with Gasteiger partial charge in [0.15, 0.2) is 0 Å². The van der Waals surface area contributed by atoms with E-state index in [1.807, 2.05) is 10.8 Å². The Morgan fingerprint density at radius 1 is 1.47 bits per heavy atom. The molecule has 0 radical (unpaired) electrons. The first-order chi connectivity index (χ1) is 8.87. The first-order valence-corrected chi connectivity index (χ1v) is 8.65. The van der Waals surface area contributed by atoms with Crippen LogP contribution < -0.4 is 10.0 Å². The minimum Gasteiger partial charge on any atom is -0.349 e. The average Bonchev–Trinajstić information content (AvgIpc) is 3.06. The van der Waals surface area contributed by atoms with Crippen molar-refractivity contribution in [1.29, 1.82) is 0 Å². The van der Waals surface area contributed by atoms with Crippen LogP contribution in [0.25, 0.3) is 0 Å². The number of amides is 1. The molecular formula is C11H16BrN3O3S. The summed E-state index contributed by atoms with van der Waals surface area (Å²) < 4.78 is 26.9. The van der Waals surface area contributed by atoms with Gasteiger partial charge >= 0.3 is 0 Å². The van der Waals surface area contributed by atoms with Crippen molar-refractivity contribution in [3.63, 3.8) is 0 Å². The summed E-state index contributed by atoms with van der Waals surface area (Å²) in [6, 6.07) is 2.19. The van der Waals surface area contributed by atoms with E-state index in [0.717, 1.165) is 23.6 Å². The van der Waals surface area contributed by atoms with Gasteiger partial charge in [0.2, 0.25) is 10.0 Å². The molecule has 1 fully saturated rings. The molecular weight excluding hydrogens is 334 g/mol. The van der Waals surface area contributed by atoms with Gasteiger partial charge in [-0.2, -0.15) is 0 Å². The zero-order chi connectivity index (χ0) is 14.0. The lowest BCUT2D eigenvalue weighted by Gasteiger charge is -2.08. The van der Waals surface area contributed by atoms with E-state index in [4.69, 9.17) is 0 Å². The van der Waals surface area contributed by atoms with E-state index in [1.165, 1.54) is 0 Å². The monoisotopic (exact) mass is 349 g/mol. The van der Waals surface area contributed by atoms with E-state index < -0.39 is 10.0 Å². The Kier molecular flexibility index (Phi) is 4.32. The van der Waals surface area contributed by atoms with Gasteiger partial charge in [0.1, 0.15) is 5.69 Å². The molecule has 1 saturated carbocycles. The van der Waals surface area contributed by atoms with Crippen molar-refractivity contribution < 1.29 is 13.2 Å². The van der Waals surface area contributed by atoms with E-state index >= 15 is 0 Å². The minimum atomic E-state index is -3.21. The molecule has 0 aromatic carbocycles. The highest BCUT2D eigenvalue weighted by atomic mass is 79.9. The predicted octanol–water partition coefficient (Wildman–Crippen LogP) is 0.864. The Morgan fingerprint density at radius 2 is 2.16 bits per heavy atom. The lowest BCUT2D eigenvalue weighted by molar-refractivity contribution is 0.0945. The third-order valence-corrected chi connectivity index (χ3v) is 3.93. The highest BCUT2D eigenvalue weighted by Crippen LogP contribution is 2.37. The lowest BCUT2D eigenvalue weighted by atomic mass is 10.4. The Morgan fingerprint density at radius 3 is 2.74 bits per heavy atom. The molecule has 1 aromatic heterocycles. The van der Waals surface area contributed by atoms with Gasteiger partial charge in [0.25, 0.3) is 5.91 Å². The largest absolute Gasteiger partial charge is 0.349 e. The van der Waals surface area contributed by atoms with Crippen molar-refractivity contribution in [1.82, 2.24) is 14.6 Å². The Bertz CT molecular complexity index is 578. The van der Waals surface area contributed by atoms with Gasteiger partial charge in [-0.1, -0.05) is 0 Å². The van der Waals surface area contributed by atoms with Crippen molar-refractivity contribution in [3.8, 4) is 0 Å². The SMILES string of the molecule is CS(=O)(=O)NCCNC(=O)c1cc(Br)cn1C1CC1. The van der Waals surface area contributed by atoms with Crippen LogP contribution in [-0.2, 0) is 10.0 Å². The highest BCUT2D eigenvalue weighted by molar-refractivity contribution is 9.10. The average molecular weight is 350 g/mol. The summed E-state index contributed by atoms with van der Waals surface area (Å²) in [5, 5.41) is 2.70. The van der Waals surface area contributed by atoms with Crippen LogP contribution in [0.15, 0.2) is 16.7 Å². The summed E-state index contributed by atoms with van der Waals surface area (Å²) in [6.07, 6.45) is 5.18. The van der Waals surface area contributed by atoms with Crippen molar-refractivity contribution >= 4 is 31.9 Å². The highest BCUT2D eigenvalue weighted by Gasteiger charge is 2.27. The fourth-order valence-electron chi connectivity index (χ4n) is 1.79. The lowest BCUT2D eigenvalue weighted by Crippen LogP contribution is -2.34. The van der Waals surface area contributed by atoms with Gasteiger partial charge in [0, 0.05) is 29.8 Å². The summed E-state index contributed by atoms with van der Waals surface area (Å²) in [7, 11) is -3.21. The van der Waals surface area contributed by atoms with Crippen molar-refractivity contribution in [3.05, 3.63) is 22.4 Å². The second-order valence-corrected chi connectivity index (χ2v) is 7.35. The summed E-state index contributed by atoms with van der Waals surface area (Å²) in [5.41, 5.74) is 0.605. The summed E-state index contributed by atoms with van der Waals surface area (Å²) in [5.74, 6) is -0.187. The number of nitrogens with one attached hydrogen (secondary N) is 2. The van der Waals surface area contributed by atoms with E-state index in [1.54, 1.807) is 6.07 Å². The predicted molar refractivity (Wildman–Crippen MR) is 75.6 cm³/mol. The third-order valence-electron chi connectivity index (χ3n) is 2.76. The second-order valence-electron chi connectivity index (χ2n) is 4.60. The molecule has 0 spiro atoms. The van der Waals surface area contributed by atoms with Crippen molar-refractivity contribution in [2.75, 3.05) is 19.3 Å². The molecule has 1 aliphatic carbocycles. The van der Waals surface area contributed by atoms with Crippen LogP contribution in [0.1, 0.15) is 29.4 Å². The molecule has 0 aliphatic heterocycles. The standard InChI is InChI=1S/C11H16BrN3O3S/c1-19(17,18)14-5-4-13-11(16)10-6-8(12)7-15(10)9-2-3-9/h6-7,9,14H,2-5H2,1H3,(H,13,16). The number of halogens is 1. The maximum absolute atomic E-state index is 12.0. The summed E-state index contributed by atoms with van der Waals surface area (Å²) in [4.78, 5) is 12.0. The molecule has 1 aromatic rings. The number of hydrogen-bond donors (Lipinski definition) is 2. The topological polar surface area (TPSA) is 80.2 Å². The van der Waals surface area contributed by atoms with Gasteiger partial charge < -0.3 is 9.88 Å². The van der Waals surface area contributed by atoms with Crippen molar-refractivity contribution in [2.45, 2.75) is 18.9 Å². The Hall–Kier alpha value is -0.860. The van der Waals surface area contributed by atoms with Crippen LogP contribution in [0.3, 0.4) is 0 Å². The molecule has 0 unspecified atom stereocenters. The normalized spacial score (nSPS) is 15.5. The van der Waals surface area contributed by atoms with Crippen LogP contribution in [-0.4, -0.2) is 38.2 Å². The molecule has 1 heterocycles. The summed E-state index contributed by atoms with van der Waals surface area (Å²) >= 11 is 3.36. The molecule has 0 saturated heterocycles. The quantitative estimate of drug-likeness (QED) is 0.747. The smallest absolute Gasteiger partial charge is 0.268 e. The minimum absolute atomic E-state index is 0.187. The number of sulfonamides is 1. The van der Waals surface area contributed by atoms with Gasteiger partial charge in [-0.05, 0) is 34.8 Å². The van der Waals surface area contributed by atoms with Gasteiger partial charge in [-0.15, -0.1) is 0 Å². The van der Waals surface area contributed by atoms with Crippen LogP contribution in [0.5, 0.6) is 0 Å². The first kappa shape index (κ1) is 14.5. The molecule has 1 aliphatic rings. The fraction of sp³-hybridized carbons (Fsp3) is 0.545. The molecule has 0 atom stereocenters. The first-order valence-electron chi connectivity index (χ1n) is 5.97. The zero-order valence-electron chi connectivity index (χ0n) is 10.5. The fourth-order valence-corrected chi connectivity index (χ4v) is 2.70. The van der Waals surface area contributed by atoms with E-state index in [-0.39, 0.29) is 19.0 Å². The summed E-state index contributed by atoms with van der Waals surface area (Å²) in [6.45, 7) is 0.454. The number of rotatable bonds is 6. The molecule has 0 bridgehead atoms. The molecule has 19 heavy (non-hydrogen) atoms. The van der Waals surface area contributed by atoms with Gasteiger partial charge in [-0.25, -0.2) is 13.1 Å². The maximum atomic E-state index is 12.0. The third kappa shape index (κ3) is 4.32. The van der Waals surface area contributed by atoms with Gasteiger partial charge in [0.05, 0.1) is 6.26 Å². The maximum Gasteiger partial charge on any atom is 0.268 e. The van der Waals surface area contributed by atoms with Crippen molar-refractivity contribution in [2.24, 2.45) is 0 Å². The van der Waals surface area contributed by atoms with Crippen LogP contribution in [0.4, 0.5) is 0 Å². The molecule has 1 amide bonds. The molecule has 106 valence electrons. The van der Waals surface area contributed by atoms with Crippen LogP contribution in [0.2, 0.25) is 0 Å². The molecule has 2 N–H and O–H groups in total. The Balaban J connectivity index is 1.89. The number of carbonyl (C=O) groups excluding carboxylic acids is 1. The number of hydrogen-bond acceptors (Lipinski definition) is 3. The Labute approximate surface area is 120 Å². The zero-order valence-corrected chi connectivity index (χ0v) is 12.9. The van der Waals surface area contributed by atoms with E-state index in [0.29, 0.717) is 11.7 Å². The van der Waals surface area contributed by atoms with Gasteiger partial charge in [-0.3, -0.25) is 4.79 Å². The molecule has 8 heteroatoms. The van der Waals surface area contributed by atoms with E-state index in [9.17, 15) is 13.2 Å². The molecule has 6 nitrogen and oxygen atoms in total. The number of nitrogens with zero attached hydrogens (tertiary/aromatic N) is 1.